The molecule has 0 aliphatic heterocycles. The number of fused-ring (bicyclic) bond motifs is 6. The Hall–Kier alpha value is -6.25. The first-order valence-electron chi connectivity index (χ1n) is 19.5. The normalized spacial score (nSPS) is 14.6. The van der Waals surface area contributed by atoms with Crippen molar-refractivity contribution >= 4 is 32.6 Å². The van der Waals surface area contributed by atoms with Crippen molar-refractivity contribution in [1.29, 1.82) is 0 Å². The highest BCUT2D eigenvalue weighted by atomic mass is 15.1. The minimum absolute atomic E-state index is 0.0673. The molecule has 0 radical (unpaired) electrons. The first kappa shape index (κ1) is 24.0. The van der Waals surface area contributed by atoms with Gasteiger partial charge in [-0.25, -0.2) is 4.98 Å². The summed E-state index contributed by atoms with van der Waals surface area (Å²) in [6, 6.07) is 47.2. The average molecular weight is 644 g/mol. The highest BCUT2D eigenvalue weighted by Gasteiger charge is 2.35. The molecule has 9 aromatic rings. The topological polar surface area (TPSA) is 17.8 Å². The summed E-state index contributed by atoms with van der Waals surface area (Å²) >= 11 is 0. The molecular formula is C48H34N2. The molecule has 1 heterocycles. The minimum atomic E-state index is -0.429. The van der Waals surface area contributed by atoms with Gasteiger partial charge in [-0.3, -0.25) is 4.57 Å². The minimum Gasteiger partial charge on any atom is -0.292 e. The zero-order chi connectivity index (χ0) is 37.7. The summed E-state index contributed by atoms with van der Waals surface area (Å²) in [7, 11) is 0. The average Bonchev–Trinajstić information content (AvgIpc) is 3.70. The molecule has 0 spiro atoms. The second-order valence-electron chi connectivity index (χ2n) is 13.6. The Bertz CT molecular complexity index is 2980. The van der Waals surface area contributed by atoms with E-state index in [1.54, 1.807) is 0 Å². The van der Waals surface area contributed by atoms with Crippen LogP contribution in [0.15, 0.2) is 170 Å². The van der Waals surface area contributed by atoms with Gasteiger partial charge in [0.15, 0.2) is 0 Å². The molecule has 0 saturated carbocycles. The number of imidazole rings is 1. The molecule has 1 aliphatic carbocycles. The van der Waals surface area contributed by atoms with E-state index >= 15 is 0 Å². The first-order valence-corrected chi connectivity index (χ1v) is 17.0. The van der Waals surface area contributed by atoms with Crippen molar-refractivity contribution in [2.24, 2.45) is 0 Å². The van der Waals surface area contributed by atoms with Crippen LogP contribution in [0.1, 0.15) is 31.8 Å². The van der Waals surface area contributed by atoms with Gasteiger partial charge >= 0.3 is 0 Å². The third kappa shape index (κ3) is 4.18. The molecule has 0 amide bonds. The number of hydrogen-bond acceptors (Lipinski definition) is 1. The van der Waals surface area contributed by atoms with Gasteiger partial charge in [-0.1, -0.05) is 153 Å². The summed E-state index contributed by atoms with van der Waals surface area (Å²) in [4.78, 5) is 4.83. The summed E-state index contributed by atoms with van der Waals surface area (Å²) in [6.45, 7) is 4.65. The fourth-order valence-corrected chi connectivity index (χ4v) is 8.20. The van der Waals surface area contributed by atoms with Gasteiger partial charge in [0.1, 0.15) is 5.82 Å². The summed E-state index contributed by atoms with van der Waals surface area (Å²) in [5, 5.41) is 4.66. The highest BCUT2D eigenvalue weighted by molar-refractivity contribution is 6.21. The summed E-state index contributed by atoms with van der Waals surface area (Å²) < 4.78 is 44.2. The monoisotopic (exact) mass is 643 g/mol. The number of hydrogen-bond donors (Lipinski definition) is 0. The Morgan fingerprint density at radius 2 is 1.08 bits per heavy atom. The van der Waals surface area contributed by atoms with Gasteiger partial charge in [0.25, 0.3) is 0 Å². The van der Waals surface area contributed by atoms with Crippen molar-refractivity contribution in [3.63, 3.8) is 0 Å². The van der Waals surface area contributed by atoms with Crippen LogP contribution in [0, 0.1) is 0 Å². The predicted molar refractivity (Wildman–Crippen MR) is 210 cm³/mol. The zero-order valence-electron chi connectivity index (χ0n) is 32.7. The van der Waals surface area contributed by atoms with Crippen molar-refractivity contribution in [2.45, 2.75) is 19.3 Å². The molecule has 236 valence electrons. The van der Waals surface area contributed by atoms with E-state index in [0.717, 1.165) is 33.1 Å². The lowest BCUT2D eigenvalue weighted by Gasteiger charge is -2.23. The van der Waals surface area contributed by atoms with Crippen molar-refractivity contribution in [1.82, 2.24) is 9.55 Å². The largest absolute Gasteiger partial charge is 0.292 e. The van der Waals surface area contributed by atoms with Crippen LogP contribution >= 0.6 is 0 Å². The predicted octanol–water partition coefficient (Wildman–Crippen LogP) is 12.6. The third-order valence-electron chi connectivity index (χ3n) is 10.5. The summed E-state index contributed by atoms with van der Waals surface area (Å²) in [5.74, 6) is 0.298. The maximum absolute atomic E-state index is 8.75. The Balaban J connectivity index is 1.16. The molecule has 0 bridgehead atoms. The van der Waals surface area contributed by atoms with Gasteiger partial charge in [0, 0.05) is 16.7 Å². The molecule has 0 fully saturated rings. The van der Waals surface area contributed by atoms with E-state index in [2.05, 4.69) is 117 Å². The zero-order valence-corrected chi connectivity index (χ0v) is 27.7. The molecule has 1 aromatic heterocycles. The number of rotatable bonds is 4. The Morgan fingerprint density at radius 3 is 1.78 bits per heavy atom. The van der Waals surface area contributed by atoms with E-state index in [1.165, 1.54) is 44.2 Å². The third-order valence-corrected chi connectivity index (χ3v) is 10.5. The van der Waals surface area contributed by atoms with E-state index in [0.29, 0.717) is 11.3 Å². The maximum Gasteiger partial charge on any atom is 0.145 e. The van der Waals surface area contributed by atoms with E-state index in [4.69, 9.17) is 11.8 Å². The SMILES string of the molecule is [2H]c1c([2H])c([2H])c(-c2nc3ccccc3n2-c2ccc(-c3c4ccccc4c(-c4ccc5c(c4)C(C)(C)c4ccccc4-5)c4ccccc34)cc2)c([2H])c1[2H]. The molecule has 0 N–H and O–H groups in total. The fourth-order valence-electron chi connectivity index (χ4n) is 8.20. The Labute approximate surface area is 299 Å². The van der Waals surface area contributed by atoms with E-state index in [-0.39, 0.29) is 35.1 Å². The first-order chi connectivity index (χ1) is 26.6. The van der Waals surface area contributed by atoms with Crippen LogP contribution in [0.2, 0.25) is 0 Å². The lowest BCUT2D eigenvalue weighted by atomic mass is 9.80. The highest BCUT2D eigenvalue weighted by Crippen LogP contribution is 2.51. The van der Waals surface area contributed by atoms with Gasteiger partial charge in [0.05, 0.1) is 17.9 Å². The Morgan fingerprint density at radius 1 is 0.520 bits per heavy atom. The van der Waals surface area contributed by atoms with Crippen LogP contribution in [0.25, 0.3) is 83.0 Å². The molecule has 0 unspecified atom stereocenters. The van der Waals surface area contributed by atoms with Crippen LogP contribution in [-0.4, -0.2) is 9.55 Å². The number of para-hydroxylation sites is 2. The maximum atomic E-state index is 8.75. The number of aromatic nitrogens is 2. The lowest BCUT2D eigenvalue weighted by Crippen LogP contribution is -2.14. The molecule has 10 rings (SSSR count). The second-order valence-corrected chi connectivity index (χ2v) is 13.6. The van der Waals surface area contributed by atoms with Crippen LogP contribution < -0.4 is 0 Å². The Kier molecular flexibility index (Phi) is 5.22. The van der Waals surface area contributed by atoms with Gasteiger partial charge in [-0.2, -0.15) is 0 Å². The molecule has 1 aliphatic rings. The van der Waals surface area contributed by atoms with Crippen LogP contribution in [-0.2, 0) is 5.41 Å². The molecule has 2 nitrogen and oxygen atoms in total. The fraction of sp³-hybridized carbons (Fsp3) is 0.0625. The van der Waals surface area contributed by atoms with Crippen LogP contribution in [0.4, 0.5) is 0 Å². The number of benzene rings is 8. The smallest absolute Gasteiger partial charge is 0.145 e. The quantitative estimate of drug-likeness (QED) is 0.175. The van der Waals surface area contributed by atoms with Crippen LogP contribution in [0.3, 0.4) is 0 Å². The van der Waals surface area contributed by atoms with Gasteiger partial charge in [0.2, 0.25) is 0 Å². The van der Waals surface area contributed by atoms with Crippen LogP contribution in [0.5, 0.6) is 0 Å². The lowest BCUT2D eigenvalue weighted by molar-refractivity contribution is 0.660. The van der Waals surface area contributed by atoms with Crippen molar-refractivity contribution in [2.75, 3.05) is 0 Å². The van der Waals surface area contributed by atoms with Gasteiger partial charge in [-0.15, -0.1) is 0 Å². The van der Waals surface area contributed by atoms with Crippen molar-refractivity contribution in [3.8, 4) is 50.5 Å². The molecule has 0 saturated heterocycles. The van der Waals surface area contributed by atoms with Gasteiger partial charge in [-0.05, 0) is 96.4 Å². The molecule has 2 heteroatoms. The standard InChI is InChI=1S/C48H34N2/c1-48(2)41-21-11-10-16-35(41)36-29-26-33(30-42(36)48)46-39-19-8-6-17-37(39)45(38-18-7-9-20-40(38)46)31-24-27-34(28-25-31)50-44-23-13-12-22-43(44)49-47(50)32-14-4-3-5-15-32/h3-30H,1-2H3/i3D,4D,5D,14D,15D. The van der Waals surface area contributed by atoms with E-state index in [1.807, 2.05) is 41.0 Å². The van der Waals surface area contributed by atoms with Crippen molar-refractivity contribution in [3.05, 3.63) is 181 Å². The second kappa shape index (κ2) is 10.9. The molecule has 8 aromatic carbocycles. The van der Waals surface area contributed by atoms with Gasteiger partial charge < -0.3 is 0 Å². The van der Waals surface area contributed by atoms with Crippen molar-refractivity contribution < 1.29 is 6.85 Å². The van der Waals surface area contributed by atoms with E-state index < -0.39 is 6.04 Å². The van der Waals surface area contributed by atoms with E-state index in [9.17, 15) is 0 Å². The molecule has 0 atom stereocenters. The molecular weight excluding hydrogens is 605 g/mol. The molecule has 50 heavy (non-hydrogen) atoms. The number of nitrogens with zero attached hydrogens (tertiary/aromatic N) is 2. The summed E-state index contributed by atoms with van der Waals surface area (Å²) in [6.07, 6.45) is 0. The summed E-state index contributed by atoms with van der Waals surface area (Å²) in [5.41, 5.74) is 12.1.